The predicted octanol–water partition coefficient (Wildman–Crippen LogP) is 2.16. The molecule has 0 aliphatic heterocycles. The number of nitrogens with zero attached hydrogens (tertiary/aromatic N) is 3. The molecule has 15 heavy (non-hydrogen) atoms. The Hall–Kier alpha value is -1.71. The van der Waals surface area contributed by atoms with Crippen LogP contribution in [0, 0.1) is 0 Å². The monoisotopic (exact) mass is 202 g/mol. The van der Waals surface area contributed by atoms with Gasteiger partial charge in [0.15, 0.2) is 5.82 Å². The summed E-state index contributed by atoms with van der Waals surface area (Å²) in [5.41, 5.74) is 1.95. The molecule has 4 heteroatoms. The van der Waals surface area contributed by atoms with Gasteiger partial charge in [0.1, 0.15) is 5.69 Å². The Balaban J connectivity index is 2.37. The van der Waals surface area contributed by atoms with E-state index in [0.29, 0.717) is 5.82 Å². The van der Waals surface area contributed by atoms with Crippen LogP contribution >= 0.6 is 0 Å². The van der Waals surface area contributed by atoms with Crippen molar-refractivity contribution < 1.29 is 0 Å². The fraction of sp³-hybridized carbons (Fsp3) is 0.364. The highest BCUT2D eigenvalue weighted by Crippen LogP contribution is 2.22. The Kier molecular flexibility index (Phi) is 2.26. The molecule has 0 aliphatic carbocycles. The lowest BCUT2D eigenvalue weighted by molar-refractivity contribution is 0.567. The van der Waals surface area contributed by atoms with Gasteiger partial charge in [-0.15, -0.1) is 0 Å². The SMILES string of the molecule is CC(C)(C)c1cc(-c2ncccn2)n[nH]1. The first-order valence-corrected chi connectivity index (χ1v) is 4.90. The van der Waals surface area contributed by atoms with Gasteiger partial charge in [0, 0.05) is 23.5 Å². The molecule has 78 valence electrons. The average Bonchev–Trinajstić information content (AvgIpc) is 2.67. The van der Waals surface area contributed by atoms with E-state index in [1.807, 2.05) is 6.07 Å². The molecule has 0 saturated heterocycles. The van der Waals surface area contributed by atoms with Crippen LogP contribution in [0.15, 0.2) is 24.5 Å². The molecular weight excluding hydrogens is 188 g/mol. The number of hydrogen-bond donors (Lipinski definition) is 1. The second kappa shape index (κ2) is 3.46. The van der Waals surface area contributed by atoms with Gasteiger partial charge in [0.2, 0.25) is 0 Å². The molecule has 1 N–H and O–H groups in total. The zero-order chi connectivity index (χ0) is 10.9. The molecule has 0 amide bonds. The van der Waals surface area contributed by atoms with E-state index in [1.54, 1.807) is 18.5 Å². The number of hydrogen-bond acceptors (Lipinski definition) is 3. The lowest BCUT2D eigenvalue weighted by Crippen LogP contribution is -2.11. The predicted molar refractivity (Wildman–Crippen MR) is 58.3 cm³/mol. The van der Waals surface area contributed by atoms with Crippen molar-refractivity contribution in [1.82, 2.24) is 20.2 Å². The second-order valence-electron chi connectivity index (χ2n) is 4.49. The Bertz CT molecular complexity index is 439. The molecule has 0 unspecified atom stereocenters. The molecule has 0 spiro atoms. The van der Waals surface area contributed by atoms with Gasteiger partial charge in [0.05, 0.1) is 0 Å². The van der Waals surface area contributed by atoms with Crippen molar-refractivity contribution in [3.63, 3.8) is 0 Å². The third-order valence-electron chi connectivity index (χ3n) is 2.18. The Morgan fingerprint density at radius 3 is 2.33 bits per heavy atom. The van der Waals surface area contributed by atoms with Crippen molar-refractivity contribution in [3.8, 4) is 11.5 Å². The van der Waals surface area contributed by atoms with Gasteiger partial charge >= 0.3 is 0 Å². The highest BCUT2D eigenvalue weighted by molar-refractivity contribution is 5.49. The van der Waals surface area contributed by atoms with Gasteiger partial charge in [-0.05, 0) is 12.1 Å². The van der Waals surface area contributed by atoms with Crippen molar-refractivity contribution >= 4 is 0 Å². The summed E-state index contributed by atoms with van der Waals surface area (Å²) >= 11 is 0. The van der Waals surface area contributed by atoms with Crippen molar-refractivity contribution in [2.24, 2.45) is 0 Å². The summed E-state index contributed by atoms with van der Waals surface area (Å²) in [5, 5.41) is 7.22. The number of rotatable bonds is 1. The normalized spacial score (nSPS) is 11.7. The average molecular weight is 202 g/mol. The van der Waals surface area contributed by atoms with Crippen molar-refractivity contribution in [3.05, 3.63) is 30.2 Å². The topological polar surface area (TPSA) is 54.5 Å². The standard InChI is InChI=1S/C11H14N4/c1-11(2,3)9-7-8(14-15-9)10-12-5-4-6-13-10/h4-7H,1-3H3,(H,14,15). The van der Waals surface area contributed by atoms with Crippen LogP contribution in [0.2, 0.25) is 0 Å². The maximum Gasteiger partial charge on any atom is 0.179 e. The van der Waals surface area contributed by atoms with E-state index in [0.717, 1.165) is 11.4 Å². The summed E-state index contributed by atoms with van der Waals surface area (Å²) in [5.74, 6) is 0.657. The second-order valence-corrected chi connectivity index (χ2v) is 4.49. The molecule has 0 atom stereocenters. The molecule has 0 fully saturated rings. The van der Waals surface area contributed by atoms with Crippen LogP contribution in [0.5, 0.6) is 0 Å². The lowest BCUT2D eigenvalue weighted by Gasteiger charge is -2.14. The first kappa shape index (κ1) is 9.83. The summed E-state index contributed by atoms with van der Waals surface area (Å²) in [7, 11) is 0. The van der Waals surface area contributed by atoms with Crippen LogP contribution in [-0.4, -0.2) is 20.2 Å². The van der Waals surface area contributed by atoms with Gasteiger partial charge in [0.25, 0.3) is 0 Å². The van der Waals surface area contributed by atoms with E-state index in [-0.39, 0.29) is 5.41 Å². The minimum Gasteiger partial charge on any atom is -0.281 e. The van der Waals surface area contributed by atoms with E-state index in [9.17, 15) is 0 Å². The summed E-state index contributed by atoms with van der Waals surface area (Å²) in [4.78, 5) is 8.30. The molecule has 2 aromatic heterocycles. The fourth-order valence-corrected chi connectivity index (χ4v) is 1.25. The van der Waals surface area contributed by atoms with Crippen LogP contribution in [0.3, 0.4) is 0 Å². The molecule has 0 aromatic carbocycles. The van der Waals surface area contributed by atoms with E-state index < -0.39 is 0 Å². The quantitative estimate of drug-likeness (QED) is 0.771. The van der Waals surface area contributed by atoms with E-state index in [1.165, 1.54) is 0 Å². The van der Waals surface area contributed by atoms with Gasteiger partial charge in [-0.2, -0.15) is 5.10 Å². The summed E-state index contributed by atoms with van der Waals surface area (Å²) in [6, 6.07) is 3.79. The molecule has 2 rings (SSSR count). The largest absolute Gasteiger partial charge is 0.281 e. The minimum absolute atomic E-state index is 0.0695. The van der Waals surface area contributed by atoms with Crippen molar-refractivity contribution in [2.45, 2.75) is 26.2 Å². The van der Waals surface area contributed by atoms with Crippen molar-refractivity contribution in [2.75, 3.05) is 0 Å². The Morgan fingerprint density at radius 2 is 1.80 bits per heavy atom. The van der Waals surface area contributed by atoms with E-state index in [4.69, 9.17) is 0 Å². The molecule has 0 radical (unpaired) electrons. The van der Waals surface area contributed by atoms with Gasteiger partial charge in [-0.25, -0.2) is 9.97 Å². The molecule has 0 aliphatic rings. The third kappa shape index (κ3) is 2.03. The maximum atomic E-state index is 4.20. The first-order valence-electron chi connectivity index (χ1n) is 4.90. The maximum absolute atomic E-state index is 4.20. The van der Waals surface area contributed by atoms with Crippen LogP contribution in [-0.2, 0) is 5.41 Å². The molecular formula is C11H14N4. The zero-order valence-electron chi connectivity index (χ0n) is 9.15. The van der Waals surface area contributed by atoms with Crippen LogP contribution in [0.4, 0.5) is 0 Å². The van der Waals surface area contributed by atoms with Crippen LogP contribution < -0.4 is 0 Å². The number of nitrogens with one attached hydrogen (secondary N) is 1. The van der Waals surface area contributed by atoms with Gasteiger partial charge < -0.3 is 0 Å². The number of H-pyrrole nitrogens is 1. The molecule has 0 bridgehead atoms. The smallest absolute Gasteiger partial charge is 0.179 e. The minimum atomic E-state index is 0.0695. The van der Waals surface area contributed by atoms with Gasteiger partial charge in [-0.3, -0.25) is 5.10 Å². The molecule has 2 heterocycles. The third-order valence-corrected chi connectivity index (χ3v) is 2.18. The summed E-state index contributed by atoms with van der Waals surface area (Å²) in [6.45, 7) is 6.41. The highest BCUT2D eigenvalue weighted by Gasteiger charge is 2.17. The molecule has 4 nitrogen and oxygen atoms in total. The zero-order valence-corrected chi connectivity index (χ0v) is 9.15. The Morgan fingerprint density at radius 1 is 1.13 bits per heavy atom. The molecule has 0 saturated carbocycles. The van der Waals surface area contributed by atoms with E-state index >= 15 is 0 Å². The number of aromatic amines is 1. The lowest BCUT2D eigenvalue weighted by atomic mass is 9.92. The Labute approximate surface area is 88.8 Å². The summed E-state index contributed by atoms with van der Waals surface area (Å²) < 4.78 is 0. The highest BCUT2D eigenvalue weighted by atomic mass is 15.1. The summed E-state index contributed by atoms with van der Waals surface area (Å²) in [6.07, 6.45) is 3.43. The fourth-order valence-electron chi connectivity index (χ4n) is 1.25. The van der Waals surface area contributed by atoms with Gasteiger partial charge in [-0.1, -0.05) is 20.8 Å². The van der Waals surface area contributed by atoms with Crippen molar-refractivity contribution in [1.29, 1.82) is 0 Å². The van der Waals surface area contributed by atoms with E-state index in [2.05, 4.69) is 40.9 Å². The van der Waals surface area contributed by atoms with Crippen LogP contribution in [0.1, 0.15) is 26.5 Å². The molecule has 2 aromatic rings. The number of aromatic nitrogens is 4. The first-order chi connectivity index (χ1) is 7.07. The van der Waals surface area contributed by atoms with Crippen LogP contribution in [0.25, 0.3) is 11.5 Å².